The Hall–Kier alpha value is -0.810. The molecule has 0 aromatic heterocycles. The highest BCUT2D eigenvalue weighted by atomic mass is 16.3. The fourth-order valence-electron chi connectivity index (χ4n) is 2.22. The van der Waals surface area contributed by atoms with Crippen molar-refractivity contribution in [3.8, 4) is 0 Å². The van der Waals surface area contributed by atoms with Gasteiger partial charge in [0, 0.05) is 19.1 Å². The summed E-state index contributed by atoms with van der Waals surface area (Å²) < 4.78 is 0. The number of likely N-dealkylation sites (N-methyl/N-ethyl adjacent to an activating group) is 1. The van der Waals surface area contributed by atoms with Crippen LogP contribution in [0.15, 0.2) is 0 Å². The maximum atomic E-state index is 12.3. The molecule has 2 amide bonds. The van der Waals surface area contributed by atoms with Gasteiger partial charge in [0.2, 0.25) is 0 Å². The Balaban J connectivity index is 4.64. The maximum absolute atomic E-state index is 12.3. The predicted molar refractivity (Wildman–Crippen MR) is 83.9 cm³/mol. The van der Waals surface area contributed by atoms with Gasteiger partial charge in [-0.3, -0.25) is 0 Å². The monoisotopic (exact) mass is 287 g/mol. The van der Waals surface area contributed by atoms with E-state index in [1.165, 1.54) is 0 Å². The Morgan fingerprint density at radius 1 is 1.20 bits per heavy atom. The number of nitrogens with one attached hydrogen (secondary N) is 1. The highest BCUT2D eigenvalue weighted by Gasteiger charge is 2.30. The Kier molecular flexibility index (Phi) is 6.98. The molecule has 0 spiro atoms. The minimum atomic E-state index is -0.879. The molecular formula is C15H33N3O2. The molecule has 0 aliphatic carbocycles. The first-order valence-electron chi connectivity index (χ1n) is 7.31. The molecule has 0 saturated heterocycles. The molecule has 0 aliphatic rings. The molecule has 0 aliphatic heterocycles. The highest BCUT2D eigenvalue weighted by Crippen LogP contribution is 2.21. The van der Waals surface area contributed by atoms with Crippen LogP contribution in [-0.4, -0.2) is 66.3 Å². The molecule has 0 rings (SSSR count). The van der Waals surface area contributed by atoms with Crippen LogP contribution in [0.5, 0.6) is 0 Å². The molecule has 1 unspecified atom stereocenters. The first-order valence-corrected chi connectivity index (χ1v) is 7.31. The summed E-state index contributed by atoms with van der Waals surface area (Å²) >= 11 is 0. The first kappa shape index (κ1) is 19.2. The van der Waals surface area contributed by atoms with Crippen molar-refractivity contribution >= 4 is 6.03 Å². The summed E-state index contributed by atoms with van der Waals surface area (Å²) in [6.45, 7) is 13.5. The number of amides is 2. The number of hydrogen-bond acceptors (Lipinski definition) is 3. The van der Waals surface area contributed by atoms with E-state index >= 15 is 0 Å². The summed E-state index contributed by atoms with van der Waals surface area (Å²) in [6, 6.07) is -0.0674. The Labute approximate surface area is 124 Å². The van der Waals surface area contributed by atoms with Gasteiger partial charge in [-0.2, -0.15) is 0 Å². The average molecular weight is 287 g/mol. The maximum Gasteiger partial charge on any atom is 0.317 e. The van der Waals surface area contributed by atoms with Gasteiger partial charge in [-0.25, -0.2) is 4.79 Å². The smallest absolute Gasteiger partial charge is 0.317 e. The van der Waals surface area contributed by atoms with Crippen molar-refractivity contribution in [3.05, 3.63) is 0 Å². The molecule has 20 heavy (non-hydrogen) atoms. The number of hydrogen-bond donors (Lipinski definition) is 2. The molecule has 0 heterocycles. The minimum Gasteiger partial charge on any atom is -0.389 e. The zero-order valence-electron chi connectivity index (χ0n) is 14.4. The molecule has 5 nitrogen and oxygen atoms in total. The third kappa shape index (κ3) is 7.10. The van der Waals surface area contributed by atoms with E-state index in [4.69, 9.17) is 0 Å². The summed E-state index contributed by atoms with van der Waals surface area (Å²) in [5, 5.41) is 12.9. The van der Waals surface area contributed by atoms with E-state index in [9.17, 15) is 9.90 Å². The van der Waals surface area contributed by atoms with Crippen LogP contribution in [0.2, 0.25) is 0 Å². The van der Waals surface area contributed by atoms with Crippen LogP contribution in [0, 0.1) is 5.41 Å². The number of nitrogens with zero attached hydrogens (tertiary/aromatic N) is 2. The van der Waals surface area contributed by atoms with E-state index < -0.39 is 5.60 Å². The first-order chi connectivity index (χ1) is 8.89. The number of rotatable bonds is 7. The van der Waals surface area contributed by atoms with Crippen molar-refractivity contribution < 1.29 is 9.90 Å². The second-order valence-corrected chi connectivity index (χ2v) is 7.22. The summed E-state index contributed by atoms with van der Waals surface area (Å²) in [6.07, 6.45) is 0. The molecular weight excluding hydrogens is 254 g/mol. The lowest BCUT2D eigenvalue weighted by atomic mass is 9.85. The Bertz CT molecular complexity index is 309. The van der Waals surface area contributed by atoms with E-state index in [0.29, 0.717) is 13.1 Å². The van der Waals surface area contributed by atoms with Gasteiger partial charge in [-0.1, -0.05) is 13.8 Å². The van der Waals surface area contributed by atoms with Crippen LogP contribution in [0.4, 0.5) is 4.79 Å². The highest BCUT2D eigenvalue weighted by molar-refractivity contribution is 5.74. The Morgan fingerprint density at radius 2 is 1.70 bits per heavy atom. The van der Waals surface area contributed by atoms with Crippen LogP contribution in [-0.2, 0) is 0 Å². The number of urea groups is 1. The largest absolute Gasteiger partial charge is 0.389 e. The summed E-state index contributed by atoms with van der Waals surface area (Å²) in [5.74, 6) is 0. The van der Waals surface area contributed by atoms with Gasteiger partial charge in [0.15, 0.2) is 0 Å². The quantitative estimate of drug-likeness (QED) is 0.750. The van der Waals surface area contributed by atoms with Crippen molar-refractivity contribution in [1.82, 2.24) is 15.1 Å². The molecule has 5 heteroatoms. The Morgan fingerprint density at radius 3 is 2.05 bits per heavy atom. The molecule has 120 valence electrons. The average Bonchev–Trinajstić information content (AvgIpc) is 2.22. The fraction of sp³-hybridized carbons (Fsp3) is 0.933. The summed E-state index contributed by atoms with van der Waals surface area (Å²) in [7, 11) is 4.06. The van der Waals surface area contributed by atoms with Crippen LogP contribution in [0.3, 0.4) is 0 Å². The van der Waals surface area contributed by atoms with Gasteiger partial charge >= 0.3 is 6.03 Å². The lowest BCUT2D eigenvalue weighted by molar-refractivity contribution is 0.0465. The molecule has 0 radical (unpaired) electrons. The fourth-order valence-corrected chi connectivity index (χ4v) is 2.22. The molecule has 0 saturated carbocycles. The van der Waals surface area contributed by atoms with Crippen molar-refractivity contribution in [1.29, 1.82) is 0 Å². The third-order valence-corrected chi connectivity index (χ3v) is 3.48. The van der Waals surface area contributed by atoms with Gasteiger partial charge in [0.05, 0.1) is 12.1 Å². The number of aliphatic hydroxyl groups is 1. The third-order valence-electron chi connectivity index (χ3n) is 3.48. The van der Waals surface area contributed by atoms with Crippen molar-refractivity contribution in [2.75, 3.05) is 33.7 Å². The lowest BCUT2D eigenvalue weighted by Crippen LogP contribution is -2.53. The molecule has 0 fully saturated rings. The SMILES string of the molecule is CCN(CC(C)(C)O)C(=O)NC(C)C(C)(C)CN(C)C. The van der Waals surface area contributed by atoms with E-state index in [2.05, 4.69) is 24.1 Å². The summed E-state index contributed by atoms with van der Waals surface area (Å²) in [5.41, 5.74) is -0.900. The van der Waals surface area contributed by atoms with Gasteiger partial charge < -0.3 is 20.2 Å². The standard InChI is InChI=1S/C15H33N3O2/c1-9-18(11-15(5,6)20)13(19)16-12(2)14(3,4)10-17(7)8/h12,20H,9-11H2,1-8H3,(H,16,19). The van der Waals surface area contributed by atoms with Crippen LogP contribution in [0.1, 0.15) is 41.5 Å². The number of carbonyl (C=O) groups excluding carboxylic acids is 1. The second kappa shape index (κ2) is 7.27. The molecule has 2 N–H and O–H groups in total. The topological polar surface area (TPSA) is 55.8 Å². The van der Waals surface area contributed by atoms with E-state index in [-0.39, 0.29) is 17.5 Å². The van der Waals surface area contributed by atoms with Crippen LogP contribution in [0.25, 0.3) is 0 Å². The van der Waals surface area contributed by atoms with Crippen molar-refractivity contribution in [3.63, 3.8) is 0 Å². The summed E-state index contributed by atoms with van der Waals surface area (Å²) in [4.78, 5) is 16.0. The number of carbonyl (C=O) groups is 1. The van der Waals surface area contributed by atoms with E-state index in [0.717, 1.165) is 6.54 Å². The zero-order valence-corrected chi connectivity index (χ0v) is 14.4. The molecule has 0 aromatic rings. The van der Waals surface area contributed by atoms with Gasteiger partial charge in [-0.15, -0.1) is 0 Å². The van der Waals surface area contributed by atoms with Gasteiger partial charge in [0.25, 0.3) is 0 Å². The van der Waals surface area contributed by atoms with E-state index in [1.54, 1.807) is 18.7 Å². The molecule has 0 aromatic carbocycles. The van der Waals surface area contributed by atoms with Gasteiger partial charge in [0.1, 0.15) is 0 Å². The lowest BCUT2D eigenvalue weighted by Gasteiger charge is -2.37. The normalized spacial score (nSPS) is 14.3. The second-order valence-electron chi connectivity index (χ2n) is 7.22. The predicted octanol–water partition coefficient (Wildman–Crippen LogP) is 1.77. The van der Waals surface area contributed by atoms with Gasteiger partial charge in [-0.05, 0) is 47.2 Å². The van der Waals surface area contributed by atoms with Crippen molar-refractivity contribution in [2.24, 2.45) is 5.41 Å². The molecule has 1 atom stereocenters. The van der Waals surface area contributed by atoms with E-state index in [1.807, 2.05) is 27.9 Å². The van der Waals surface area contributed by atoms with Crippen LogP contribution < -0.4 is 5.32 Å². The zero-order chi connectivity index (χ0) is 16.1. The molecule has 0 bridgehead atoms. The minimum absolute atomic E-state index is 0.0205. The van der Waals surface area contributed by atoms with Crippen LogP contribution >= 0.6 is 0 Å². The van der Waals surface area contributed by atoms with Crippen molar-refractivity contribution in [2.45, 2.75) is 53.2 Å².